The van der Waals surface area contributed by atoms with Gasteiger partial charge in [0.2, 0.25) is 0 Å². The molecule has 0 radical (unpaired) electrons. The topological polar surface area (TPSA) is 99.4 Å². The van der Waals surface area contributed by atoms with Crippen molar-refractivity contribution < 1.29 is 29.9 Å². The lowest BCUT2D eigenvalue weighted by Gasteiger charge is -2.38. The summed E-state index contributed by atoms with van der Waals surface area (Å²) in [5.41, 5.74) is 0.191. The van der Waals surface area contributed by atoms with Gasteiger partial charge < -0.3 is 29.9 Å². The van der Waals surface area contributed by atoms with E-state index in [4.69, 9.17) is 9.47 Å². The van der Waals surface area contributed by atoms with E-state index in [0.29, 0.717) is 12.5 Å². The van der Waals surface area contributed by atoms with Crippen LogP contribution >= 0.6 is 0 Å². The van der Waals surface area contributed by atoms with Gasteiger partial charge in [-0.25, -0.2) is 0 Å². The van der Waals surface area contributed by atoms with E-state index >= 15 is 0 Å². The van der Waals surface area contributed by atoms with Crippen LogP contribution in [0.2, 0.25) is 0 Å². The quantitative estimate of drug-likeness (QED) is 0.510. The first-order valence-corrected chi connectivity index (χ1v) is 6.30. The van der Waals surface area contributed by atoms with E-state index in [2.05, 4.69) is 13.8 Å². The van der Waals surface area contributed by atoms with Crippen LogP contribution in [0.15, 0.2) is 0 Å². The van der Waals surface area contributed by atoms with E-state index in [1.54, 1.807) is 0 Å². The first kappa shape index (κ1) is 14.2. The van der Waals surface area contributed by atoms with Gasteiger partial charge >= 0.3 is 0 Å². The number of hydrogen-bond acceptors (Lipinski definition) is 6. The van der Waals surface area contributed by atoms with Crippen molar-refractivity contribution in [1.29, 1.82) is 0 Å². The Morgan fingerprint density at radius 1 is 1.17 bits per heavy atom. The van der Waals surface area contributed by atoms with E-state index in [1.807, 2.05) is 0 Å². The average Bonchev–Trinajstić information content (AvgIpc) is 2.91. The van der Waals surface area contributed by atoms with Gasteiger partial charge in [-0.05, 0) is 17.8 Å². The standard InChI is InChI=1S/C12H22O6/c1-6-3-12(6,2)5-17-4-7-8(13)9(14)10(15)11(16)18-7/h6-11,13-16H,3-5H2,1-2H3. The summed E-state index contributed by atoms with van der Waals surface area (Å²) in [6, 6.07) is 0. The van der Waals surface area contributed by atoms with Gasteiger partial charge in [-0.3, -0.25) is 0 Å². The van der Waals surface area contributed by atoms with Crippen LogP contribution in [0.1, 0.15) is 20.3 Å². The molecular formula is C12H22O6. The predicted octanol–water partition coefficient (Wildman–Crippen LogP) is -1.15. The van der Waals surface area contributed by atoms with Crippen molar-refractivity contribution in [2.45, 2.75) is 51.0 Å². The van der Waals surface area contributed by atoms with Gasteiger partial charge in [-0.15, -0.1) is 0 Å². The second-order valence-electron chi connectivity index (χ2n) is 5.81. The van der Waals surface area contributed by atoms with Gasteiger partial charge in [0.1, 0.15) is 24.4 Å². The largest absolute Gasteiger partial charge is 0.387 e. The molecule has 1 saturated carbocycles. The van der Waals surface area contributed by atoms with Crippen LogP contribution in [-0.4, -0.2) is 64.3 Å². The van der Waals surface area contributed by atoms with Gasteiger partial charge in [-0.2, -0.15) is 0 Å². The molecule has 0 bridgehead atoms. The SMILES string of the molecule is CC1CC1(C)COCC1OC(O)C(O)C(O)C1O. The summed E-state index contributed by atoms with van der Waals surface area (Å²) in [6.45, 7) is 4.93. The molecule has 18 heavy (non-hydrogen) atoms. The molecule has 1 aliphatic heterocycles. The molecule has 6 nitrogen and oxygen atoms in total. The lowest BCUT2D eigenvalue weighted by Crippen LogP contribution is -2.58. The van der Waals surface area contributed by atoms with E-state index < -0.39 is 30.7 Å². The summed E-state index contributed by atoms with van der Waals surface area (Å²) in [5, 5.41) is 37.9. The Morgan fingerprint density at radius 2 is 1.78 bits per heavy atom. The summed E-state index contributed by atoms with van der Waals surface area (Å²) < 4.78 is 10.5. The fraction of sp³-hybridized carbons (Fsp3) is 1.00. The van der Waals surface area contributed by atoms with E-state index in [0.717, 1.165) is 6.42 Å². The molecule has 7 unspecified atom stereocenters. The van der Waals surface area contributed by atoms with Crippen molar-refractivity contribution in [2.24, 2.45) is 11.3 Å². The third kappa shape index (κ3) is 2.68. The van der Waals surface area contributed by atoms with E-state index in [1.165, 1.54) is 0 Å². The van der Waals surface area contributed by atoms with Crippen LogP contribution in [0.3, 0.4) is 0 Å². The Hall–Kier alpha value is -0.240. The third-order valence-corrected chi connectivity index (χ3v) is 4.20. The summed E-state index contributed by atoms with van der Waals surface area (Å²) >= 11 is 0. The van der Waals surface area contributed by atoms with Crippen molar-refractivity contribution in [2.75, 3.05) is 13.2 Å². The summed E-state index contributed by atoms with van der Waals surface area (Å²) in [7, 11) is 0. The Morgan fingerprint density at radius 3 is 2.33 bits per heavy atom. The van der Waals surface area contributed by atoms with E-state index in [9.17, 15) is 20.4 Å². The Bertz CT molecular complexity index is 298. The van der Waals surface area contributed by atoms with Gasteiger partial charge in [0.15, 0.2) is 6.29 Å². The summed E-state index contributed by atoms with van der Waals surface area (Å²) in [6.07, 6.45) is -5.36. The molecule has 6 heteroatoms. The zero-order chi connectivity index (χ0) is 13.5. The minimum atomic E-state index is -1.49. The molecule has 1 saturated heterocycles. The molecule has 2 rings (SSSR count). The van der Waals surface area contributed by atoms with Crippen LogP contribution in [0.5, 0.6) is 0 Å². The number of hydrogen-bond donors (Lipinski definition) is 4. The zero-order valence-corrected chi connectivity index (χ0v) is 10.7. The molecule has 0 aromatic carbocycles. The molecular weight excluding hydrogens is 240 g/mol. The number of aliphatic hydroxyl groups excluding tert-OH is 4. The molecule has 4 N–H and O–H groups in total. The minimum Gasteiger partial charge on any atom is -0.387 e. The van der Waals surface area contributed by atoms with Gasteiger partial charge in [0, 0.05) is 0 Å². The van der Waals surface area contributed by atoms with Crippen molar-refractivity contribution in [1.82, 2.24) is 0 Å². The average molecular weight is 262 g/mol. The van der Waals surface area contributed by atoms with Crippen molar-refractivity contribution >= 4 is 0 Å². The Balaban J connectivity index is 1.78. The minimum absolute atomic E-state index is 0.0876. The molecule has 0 aromatic heterocycles. The van der Waals surface area contributed by atoms with Crippen LogP contribution in [0.4, 0.5) is 0 Å². The molecule has 1 heterocycles. The predicted molar refractivity (Wildman–Crippen MR) is 61.6 cm³/mol. The van der Waals surface area contributed by atoms with Crippen molar-refractivity contribution in [3.8, 4) is 0 Å². The van der Waals surface area contributed by atoms with Crippen molar-refractivity contribution in [3.63, 3.8) is 0 Å². The molecule has 106 valence electrons. The highest BCUT2D eigenvalue weighted by Crippen LogP contribution is 2.51. The van der Waals surface area contributed by atoms with Gasteiger partial charge in [0.25, 0.3) is 0 Å². The highest BCUT2D eigenvalue weighted by molar-refractivity contribution is 4.96. The second kappa shape index (κ2) is 5.03. The molecule has 0 aromatic rings. The lowest BCUT2D eigenvalue weighted by atomic mass is 9.99. The second-order valence-corrected chi connectivity index (χ2v) is 5.81. The molecule has 1 aliphatic carbocycles. The van der Waals surface area contributed by atoms with Gasteiger partial charge in [0.05, 0.1) is 13.2 Å². The molecule has 2 aliphatic rings. The smallest absolute Gasteiger partial charge is 0.184 e. The van der Waals surface area contributed by atoms with Crippen molar-refractivity contribution in [3.05, 3.63) is 0 Å². The fourth-order valence-corrected chi connectivity index (χ4v) is 2.32. The number of ether oxygens (including phenoxy) is 2. The number of aliphatic hydroxyl groups is 4. The Kier molecular flexibility index (Phi) is 3.96. The maximum absolute atomic E-state index is 9.70. The van der Waals surface area contributed by atoms with Crippen LogP contribution < -0.4 is 0 Å². The molecule has 7 atom stereocenters. The van der Waals surface area contributed by atoms with Crippen LogP contribution in [-0.2, 0) is 9.47 Å². The lowest BCUT2D eigenvalue weighted by molar-refractivity contribution is -0.289. The summed E-state index contributed by atoms with van der Waals surface area (Å²) in [5.74, 6) is 0.632. The molecule has 2 fully saturated rings. The zero-order valence-electron chi connectivity index (χ0n) is 10.7. The molecule has 0 spiro atoms. The monoisotopic (exact) mass is 262 g/mol. The Labute approximate surface area is 106 Å². The van der Waals surface area contributed by atoms with Crippen LogP contribution in [0.25, 0.3) is 0 Å². The van der Waals surface area contributed by atoms with Gasteiger partial charge in [-0.1, -0.05) is 13.8 Å². The maximum Gasteiger partial charge on any atom is 0.184 e. The van der Waals surface area contributed by atoms with Crippen LogP contribution in [0, 0.1) is 11.3 Å². The number of rotatable bonds is 4. The van der Waals surface area contributed by atoms with E-state index in [-0.39, 0.29) is 12.0 Å². The highest BCUT2D eigenvalue weighted by Gasteiger charge is 2.47. The third-order valence-electron chi connectivity index (χ3n) is 4.20. The summed E-state index contributed by atoms with van der Waals surface area (Å²) in [4.78, 5) is 0. The first-order chi connectivity index (χ1) is 8.35. The fourth-order valence-electron chi connectivity index (χ4n) is 2.32. The molecule has 0 amide bonds. The highest BCUT2D eigenvalue weighted by atomic mass is 16.6. The normalized spacial score (nSPS) is 52.3. The first-order valence-electron chi connectivity index (χ1n) is 6.30. The maximum atomic E-state index is 9.70.